The Hall–Kier alpha value is -1.68. The van der Waals surface area contributed by atoms with Gasteiger partial charge in [-0.3, -0.25) is 9.36 Å². The first kappa shape index (κ1) is 14.7. The molecule has 0 radical (unpaired) electrons. The molecule has 1 amide bonds. The Kier molecular flexibility index (Phi) is 4.23. The molecule has 0 aliphatic heterocycles. The predicted molar refractivity (Wildman–Crippen MR) is 79.5 cm³/mol. The molecule has 106 valence electrons. The molecule has 0 atom stereocenters. The summed E-state index contributed by atoms with van der Waals surface area (Å²) in [5.41, 5.74) is 0.434. The molecule has 0 saturated carbocycles. The highest BCUT2D eigenvalue weighted by molar-refractivity contribution is 7.63. The van der Waals surface area contributed by atoms with Crippen LogP contribution in [0.4, 0.5) is 5.69 Å². The van der Waals surface area contributed by atoms with Crippen molar-refractivity contribution in [3.8, 4) is 0 Å². The van der Waals surface area contributed by atoms with Crippen molar-refractivity contribution in [2.75, 3.05) is 19.5 Å². The first-order valence-electron chi connectivity index (χ1n) is 6.03. The first-order chi connectivity index (χ1) is 9.51. The molecule has 20 heavy (non-hydrogen) atoms. The van der Waals surface area contributed by atoms with E-state index in [1.165, 1.54) is 21.1 Å². The van der Waals surface area contributed by atoms with Crippen molar-refractivity contribution in [3.63, 3.8) is 0 Å². The fraction of sp³-hybridized carbons (Fsp3) is 0.214. The highest BCUT2D eigenvalue weighted by atomic mass is 31.2. The van der Waals surface area contributed by atoms with Gasteiger partial charge < -0.3 is 14.4 Å². The summed E-state index contributed by atoms with van der Waals surface area (Å²) in [5.74, 6) is -0.250. The van der Waals surface area contributed by atoms with Gasteiger partial charge in [0.15, 0.2) is 0 Å². The van der Waals surface area contributed by atoms with Crippen LogP contribution in [0.25, 0.3) is 10.8 Å². The zero-order valence-electron chi connectivity index (χ0n) is 11.5. The van der Waals surface area contributed by atoms with Crippen LogP contribution in [0, 0.1) is 0 Å². The zero-order chi connectivity index (χ0) is 14.8. The van der Waals surface area contributed by atoms with Gasteiger partial charge in [-0.25, -0.2) is 0 Å². The summed E-state index contributed by atoms with van der Waals surface area (Å²) in [7, 11) is -0.842. The second kappa shape index (κ2) is 5.75. The van der Waals surface area contributed by atoms with Crippen molar-refractivity contribution in [1.29, 1.82) is 0 Å². The highest BCUT2D eigenvalue weighted by Gasteiger charge is 2.30. The molecule has 2 rings (SSSR count). The third-order valence-electron chi connectivity index (χ3n) is 2.97. The lowest BCUT2D eigenvalue weighted by atomic mass is 10.1. The van der Waals surface area contributed by atoms with Crippen molar-refractivity contribution in [1.82, 2.24) is 0 Å². The largest absolute Gasteiger partial charge is 0.363 e. The van der Waals surface area contributed by atoms with E-state index in [0.29, 0.717) is 11.0 Å². The lowest BCUT2D eigenvalue weighted by Crippen LogP contribution is -2.18. The number of nitrogens with one attached hydrogen (secondary N) is 1. The van der Waals surface area contributed by atoms with Gasteiger partial charge in [-0.1, -0.05) is 30.3 Å². The third-order valence-corrected chi connectivity index (χ3v) is 4.96. The van der Waals surface area contributed by atoms with E-state index in [-0.39, 0.29) is 5.91 Å². The third kappa shape index (κ3) is 2.61. The van der Waals surface area contributed by atoms with Crippen LogP contribution < -0.4 is 10.6 Å². The van der Waals surface area contributed by atoms with E-state index in [9.17, 15) is 9.36 Å². The van der Waals surface area contributed by atoms with Gasteiger partial charge in [-0.05, 0) is 16.8 Å². The summed E-state index contributed by atoms with van der Waals surface area (Å²) >= 11 is 0. The van der Waals surface area contributed by atoms with Gasteiger partial charge >= 0.3 is 7.60 Å². The molecule has 2 aromatic rings. The van der Waals surface area contributed by atoms with Gasteiger partial charge in [0.1, 0.15) is 0 Å². The fourth-order valence-corrected chi connectivity index (χ4v) is 3.54. The van der Waals surface area contributed by atoms with Crippen molar-refractivity contribution in [3.05, 3.63) is 36.4 Å². The number of amides is 1. The van der Waals surface area contributed by atoms with Crippen molar-refractivity contribution < 1.29 is 18.4 Å². The number of carbonyl (C=O) groups excluding carboxylic acids is 1. The van der Waals surface area contributed by atoms with Gasteiger partial charge in [0.25, 0.3) is 0 Å². The van der Waals surface area contributed by atoms with Crippen molar-refractivity contribution in [2.24, 2.45) is 0 Å². The lowest BCUT2D eigenvalue weighted by Gasteiger charge is -2.19. The molecule has 0 bridgehead atoms. The maximum absolute atomic E-state index is 12.8. The molecule has 6 heteroatoms. The van der Waals surface area contributed by atoms with Gasteiger partial charge in [-0.2, -0.15) is 0 Å². The zero-order valence-corrected chi connectivity index (χ0v) is 12.4. The van der Waals surface area contributed by atoms with Gasteiger partial charge in [-0.15, -0.1) is 0 Å². The number of anilines is 1. The second-order valence-electron chi connectivity index (χ2n) is 4.23. The number of rotatable bonds is 4. The molecule has 2 aromatic carbocycles. The number of carbonyl (C=O) groups is 1. The summed E-state index contributed by atoms with van der Waals surface area (Å²) in [6.45, 7) is 1.39. The molecule has 0 spiro atoms. The molecule has 0 heterocycles. The SMILES string of the molecule is COP(=O)(OC)c1c(NC(C)=O)ccc2ccccc12. The summed E-state index contributed by atoms with van der Waals surface area (Å²) in [6.07, 6.45) is 0. The number of benzene rings is 2. The highest BCUT2D eigenvalue weighted by Crippen LogP contribution is 2.49. The van der Waals surface area contributed by atoms with E-state index in [1.54, 1.807) is 6.07 Å². The molecule has 5 nitrogen and oxygen atoms in total. The smallest absolute Gasteiger partial charge is 0.325 e. The Morgan fingerprint density at radius 3 is 2.35 bits per heavy atom. The molecule has 0 aromatic heterocycles. The standard InChI is InChI=1S/C14H16NO4P/c1-10(16)15-13-9-8-11-6-4-5-7-12(11)14(13)20(17,18-2)19-3/h4-9H,1-3H3,(H,15,16). The molecular formula is C14H16NO4P. The Balaban J connectivity index is 2.80. The van der Waals surface area contributed by atoms with E-state index >= 15 is 0 Å². The van der Waals surface area contributed by atoms with E-state index in [4.69, 9.17) is 9.05 Å². The minimum Gasteiger partial charge on any atom is -0.325 e. The van der Waals surface area contributed by atoms with E-state index in [0.717, 1.165) is 10.8 Å². The van der Waals surface area contributed by atoms with Gasteiger partial charge in [0.05, 0.1) is 11.0 Å². The summed E-state index contributed by atoms with van der Waals surface area (Å²) in [5, 5.41) is 4.66. The number of hydrogen-bond acceptors (Lipinski definition) is 4. The van der Waals surface area contributed by atoms with Crippen LogP contribution in [0.15, 0.2) is 36.4 Å². The molecular weight excluding hydrogens is 277 g/mol. The molecule has 0 aliphatic rings. The minimum absolute atomic E-state index is 0.250. The Morgan fingerprint density at radius 1 is 1.10 bits per heavy atom. The Labute approximate surface area is 117 Å². The topological polar surface area (TPSA) is 64.6 Å². The number of fused-ring (bicyclic) bond motifs is 1. The number of hydrogen-bond donors (Lipinski definition) is 1. The quantitative estimate of drug-likeness (QED) is 0.880. The van der Waals surface area contributed by atoms with Crippen LogP contribution in [0.3, 0.4) is 0 Å². The second-order valence-corrected chi connectivity index (χ2v) is 6.40. The average Bonchev–Trinajstić information content (AvgIpc) is 2.45. The van der Waals surface area contributed by atoms with Crippen LogP contribution in [0.5, 0.6) is 0 Å². The first-order valence-corrected chi connectivity index (χ1v) is 7.57. The van der Waals surface area contributed by atoms with Crippen LogP contribution in [-0.2, 0) is 18.4 Å². The molecule has 0 unspecified atom stereocenters. The van der Waals surface area contributed by atoms with E-state index in [1.807, 2.05) is 30.3 Å². The summed E-state index contributed by atoms with van der Waals surface area (Å²) < 4.78 is 22.9. The molecule has 0 saturated heterocycles. The monoisotopic (exact) mass is 293 g/mol. The molecule has 0 aliphatic carbocycles. The summed E-state index contributed by atoms with van der Waals surface area (Å²) in [6, 6.07) is 11.0. The van der Waals surface area contributed by atoms with Gasteiger partial charge in [0, 0.05) is 21.1 Å². The summed E-state index contributed by atoms with van der Waals surface area (Å²) in [4.78, 5) is 11.3. The van der Waals surface area contributed by atoms with E-state index in [2.05, 4.69) is 5.32 Å². The molecule has 1 N–H and O–H groups in total. The lowest BCUT2D eigenvalue weighted by molar-refractivity contribution is -0.114. The predicted octanol–water partition coefficient (Wildman–Crippen LogP) is 2.91. The Morgan fingerprint density at radius 2 is 1.75 bits per heavy atom. The van der Waals surface area contributed by atoms with E-state index < -0.39 is 7.60 Å². The molecule has 0 fully saturated rings. The van der Waals surface area contributed by atoms with Crippen LogP contribution in [0.1, 0.15) is 6.92 Å². The maximum atomic E-state index is 12.8. The van der Waals surface area contributed by atoms with Crippen LogP contribution >= 0.6 is 7.60 Å². The van der Waals surface area contributed by atoms with Crippen LogP contribution in [0.2, 0.25) is 0 Å². The Bertz CT molecular complexity index is 691. The maximum Gasteiger partial charge on any atom is 0.363 e. The minimum atomic E-state index is -3.49. The van der Waals surface area contributed by atoms with Gasteiger partial charge in [0.2, 0.25) is 5.91 Å². The average molecular weight is 293 g/mol. The van der Waals surface area contributed by atoms with Crippen molar-refractivity contribution >= 4 is 35.3 Å². The van der Waals surface area contributed by atoms with Crippen molar-refractivity contribution in [2.45, 2.75) is 6.92 Å². The fourth-order valence-electron chi connectivity index (χ4n) is 2.10. The van der Waals surface area contributed by atoms with Crippen LogP contribution in [-0.4, -0.2) is 20.1 Å². The normalized spacial score (nSPS) is 11.6.